The molecule has 14 heavy (non-hydrogen) atoms. The number of thioether (sulfide) groups is 1. The Kier molecular flexibility index (Phi) is 6.37. The van der Waals surface area contributed by atoms with Gasteiger partial charge in [0.1, 0.15) is 0 Å². The summed E-state index contributed by atoms with van der Waals surface area (Å²) in [6, 6.07) is 0.631. The van der Waals surface area contributed by atoms with Gasteiger partial charge in [0.25, 0.3) is 0 Å². The maximum atomic E-state index is 3.44. The molecule has 0 saturated heterocycles. The Morgan fingerprint density at radius 2 is 2.36 bits per heavy atom. The second-order valence-corrected chi connectivity index (χ2v) is 5.09. The molecule has 0 saturated carbocycles. The quantitative estimate of drug-likeness (QED) is 0.537. The van der Waals surface area contributed by atoms with E-state index in [-0.39, 0.29) is 0 Å². The predicted octanol–water partition coefficient (Wildman–Crippen LogP) is 3.22. The van der Waals surface area contributed by atoms with E-state index in [1.165, 1.54) is 43.6 Å². The predicted molar refractivity (Wildman–Crippen MR) is 67.0 cm³/mol. The van der Waals surface area contributed by atoms with Crippen molar-refractivity contribution in [3.05, 3.63) is 11.6 Å². The monoisotopic (exact) mass is 213 g/mol. The number of nitrogens with one attached hydrogen (secondary N) is 1. The maximum Gasteiger partial charge on any atom is 0.0368 e. The van der Waals surface area contributed by atoms with Crippen molar-refractivity contribution < 1.29 is 0 Å². The molecule has 1 nitrogen and oxygen atoms in total. The fourth-order valence-electron chi connectivity index (χ4n) is 1.90. The fourth-order valence-corrected chi connectivity index (χ4v) is 2.97. The maximum absolute atomic E-state index is 3.44. The zero-order valence-corrected chi connectivity index (χ0v) is 10.3. The zero-order valence-electron chi connectivity index (χ0n) is 9.51. The molecule has 1 unspecified atom stereocenters. The summed E-state index contributed by atoms with van der Waals surface area (Å²) in [7, 11) is 2.09. The summed E-state index contributed by atoms with van der Waals surface area (Å²) in [6.07, 6.45) is 9.14. The Morgan fingerprint density at radius 3 is 2.93 bits per heavy atom. The lowest BCUT2D eigenvalue weighted by Crippen LogP contribution is -2.30. The Balaban J connectivity index is 2.32. The van der Waals surface area contributed by atoms with E-state index < -0.39 is 0 Å². The Hall–Kier alpha value is 0.0500. The van der Waals surface area contributed by atoms with Crippen LogP contribution in [0.25, 0.3) is 0 Å². The molecule has 2 heteroatoms. The number of allylic oxidation sites excluding steroid dienone is 1. The molecule has 0 aromatic rings. The first kappa shape index (κ1) is 12.1. The van der Waals surface area contributed by atoms with E-state index in [0.29, 0.717) is 6.04 Å². The van der Waals surface area contributed by atoms with Crippen LogP contribution in [0.2, 0.25) is 0 Å². The Morgan fingerprint density at radius 1 is 1.50 bits per heavy atom. The Bertz CT molecular complexity index is 177. The van der Waals surface area contributed by atoms with Crippen molar-refractivity contribution in [3.63, 3.8) is 0 Å². The lowest BCUT2D eigenvalue weighted by atomic mass is 9.95. The van der Waals surface area contributed by atoms with Gasteiger partial charge in [0.05, 0.1) is 0 Å². The highest BCUT2D eigenvalue weighted by Crippen LogP contribution is 2.22. The van der Waals surface area contributed by atoms with Crippen LogP contribution in [0, 0.1) is 0 Å². The average Bonchev–Trinajstić information content (AvgIpc) is 2.26. The molecule has 0 fully saturated rings. The smallest absolute Gasteiger partial charge is 0.0368 e. The minimum atomic E-state index is 0.631. The molecule has 0 aromatic heterocycles. The van der Waals surface area contributed by atoms with Crippen molar-refractivity contribution in [2.45, 2.75) is 45.1 Å². The minimum Gasteiger partial charge on any atom is -0.313 e. The first-order valence-corrected chi connectivity index (χ1v) is 6.98. The molecule has 0 spiro atoms. The van der Waals surface area contributed by atoms with Crippen molar-refractivity contribution in [1.29, 1.82) is 0 Å². The van der Waals surface area contributed by atoms with Crippen LogP contribution < -0.4 is 5.32 Å². The van der Waals surface area contributed by atoms with Gasteiger partial charge in [-0.05, 0) is 44.9 Å². The number of hydrogen-bond acceptors (Lipinski definition) is 2. The Labute approximate surface area is 92.7 Å². The minimum absolute atomic E-state index is 0.631. The van der Waals surface area contributed by atoms with Gasteiger partial charge in [-0.25, -0.2) is 0 Å². The summed E-state index contributed by atoms with van der Waals surface area (Å²) in [5.41, 5.74) is 1.65. The van der Waals surface area contributed by atoms with Gasteiger partial charge in [-0.1, -0.05) is 18.6 Å². The van der Waals surface area contributed by atoms with Crippen molar-refractivity contribution in [3.8, 4) is 0 Å². The first-order valence-electron chi connectivity index (χ1n) is 5.82. The number of likely N-dealkylation sites (N-methyl/N-ethyl adjacent to an activating group) is 1. The molecule has 1 atom stereocenters. The van der Waals surface area contributed by atoms with Gasteiger partial charge in [0, 0.05) is 11.8 Å². The van der Waals surface area contributed by atoms with Crippen molar-refractivity contribution in [2.75, 3.05) is 18.6 Å². The summed E-state index contributed by atoms with van der Waals surface area (Å²) >= 11 is 2.08. The van der Waals surface area contributed by atoms with Crippen molar-refractivity contribution in [1.82, 2.24) is 5.32 Å². The lowest BCUT2D eigenvalue weighted by molar-refractivity contribution is 0.608. The summed E-state index contributed by atoms with van der Waals surface area (Å²) < 4.78 is 0. The molecule has 82 valence electrons. The van der Waals surface area contributed by atoms with Crippen LogP contribution in [0.1, 0.15) is 39.0 Å². The van der Waals surface area contributed by atoms with E-state index in [1.54, 1.807) is 5.57 Å². The van der Waals surface area contributed by atoms with Gasteiger partial charge in [-0.15, -0.1) is 0 Å². The van der Waals surface area contributed by atoms with Gasteiger partial charge < -0.3 is 5.32 Å². The normalized spacial score (nSPS) is 19.1. The fraction of sp³-hybridized carbons (Fsp3) is 0.833. The van der Waals surface area contributed by atoms with Crippen LogP contribution in [-0.4, -0.2) is 24.6 Å². The lowest BCUT2D eigenvalue weighted by Gasteiger charge is -2.22. The van der Waals surface area contributed by atoms with E-state index in [4.69, 9.17) is 0 Å². The molecule has 1 rings (SSSR count). The third-order valence-electron chi connectivity index (χ3n) is 2.76. The molecular weight excluding hydrogens is 190 g/mol. The van der Waals surface area contributed by atoms with Gasteiger partial charge in [-0.3, -0.25) is 0 Å². The van der Waals surface area contributed by atoms with E-state index in [1.807, 2.05) is 0 Å². The largest absolute Gasteiger partial charge is 0.313 e. The van der Waals surface area contributed by atoms with Crippen LogP contribution in [-0.2, 0) is 0 Å². The van der Waals surface area contributed by atoms with E-state index in [0.717, 1.165) is 0 Å². The highest BCUT2D eigenvalue weighted by Gasteiger charge is 2.13. The molecule has 1 N–H and O–H groups in total. The standard InChI is InChI=1S/C12H23NS/c1-3-9-14-10-12(13-2)11-7-5-4-6-8-11/h7,12-13H,3-6,8-10H2,1-2H3. The van der Waals surface area contributed by atoms with Crippen LogP contribution >= 0.6 is 11.8 Å². The zero-order chi connectivity index (χ0) is 10.2. The van der Waals surface area contributed by atoms with E-state index >= 15 is 0 Å². The molecule has 1 aliphatic rings. The highest BCUT2D eigenvalue weighted by molar-refractivity contribution is 7.99. The highest BCUT2D eigenvalue weighted by atomic mass is 32.2. The van der Waals surface area contributed by atoms with Gasteiger partial charge in [-0.2, -0.15) is 11.8 Å². The third-order valence-corrected chi connectivity index (χ3v) is 4.02. The van der Waals surface area contributed by atoms with Crippen LogP contribution in [0.15, 0.2) is 11.6 Å². The molecule has 0 bridgehead atoms. The van der Waals surface area contributed by atoms with Gasteiger partial charge in [0.15, 0.2) is 0 Å². The van der Waals surface area contributed by atoms with Gasteiger partial charge in [0.2, 0.25) is 0 Å². The van der Waals surface area contributed by atoms with E-state index in [9.17, 15) is 0 Å². The summed E-state index contributed by atoms with van der Waals surface area (Å²) in [4.78, 5) is 0. The summed E-state index contributed by atoms with van der Waals surface area (Å²) in [5.74, 6) is 2.54. The molecule has 0 radical (unpaired) electrons. The van der Waals surface area contributed by atoms with E-state index in [2.05, 4.69) is 37.1 Å². The molecule has 1 aliphatic carbocycles. The van der Waals surface area contributed by atoms with Crippen molar-refractivity contribution >= 4 is 11.8 Å². The summed E-state index contributed by atoms with van der Waals surface area (Å²) in [5, 5.41) is 3.44. The molecule has 0 amide bonds. The van der Waals surface area contributed by atoms with Crippen molar-refractivity contribution in [2.24, 2.45) is 0 Å². The molecule has 0 aliphatic heterocycles. The first-order chi connectivity index (χ1) is 6.88. The summed E-state index contributed by atoms with van der Waals surface area (Å²) in [6.45, 7) is 2.25. The third kappa shape index (κ3) is 4.05. The molecule has 0 aromatic carbocycles. The average molecular weight is 213 g/mol. The molecule has 0 heterocycles. The SMILES string of the molecule is CCCSCC(NC)C1=CCCCC1. The van der Waals surface area contributed by atoms with Crippen LogP contribution in [0.5, 0.6) is 0 Å². The van der Waals surface area contributed by atoms with Crippen LogP contribution in [0.3, 0.4) is 0 Å². The van der Waals surface area contributed by atoms with Gasteiger partial charge >= 0.3 is 0 Å². The second kappa shape index (κ2) is 7.36. The topological polar surface area (TPSA) is 12.0 Å². The van der Waals surface area contributed by atoms with Crippen LogP contribution in [0.4, 0.5) is 0 Å². The number of rotatable bonds is 6. The second-order valence-electron chi connectivity index (χ2n) is 3.94. The molecular formula is C12H23NS. The number of hydrogen-bond donors (Lipinski definition) is 1.